The third kappa shape index (κ3) is 4.04. The topological polar surface area (TPSA) is 24.9 Å². The van der Waals surface area contributed by atoms with Crippen LogP contribution in [0.2, 0.25) is 5.02 Å². The average molecular weight is 419 g/mol. The third-order valence-electron chi connectivity index (χ3n) is 3.07. The number of nitrogens with zero attached hydrogens (tertiary/aromatic N) is 1. The molecule has 1 atom stereocenters. The van der Waals surface area contributed by atoms with E-state index in [9.17, 15) is 0 Å². The van der Waals surface area contributed by atoms with Crippen molar-refractivity contribution in [2.75, 3.05) is 6.54 Å². The number of benzene rings is 1. The number of nitrogens with one attached hydrogen (secondary N) is 1. The maximum atomic E-state index is 6.21. The van der Waals surface area contributed by atoms with Crippen LogP contribution in [-0.2, 0) is 6.42 Å². The zero-order valence-electron chi connectivity index (χ0n) is 11.0. The normalized spacial score (nSPS) is 12.4. The van der Waals surface area contributed by atoms with Crippen LogP contribution in [0.1, 0.15) is 24.1 Å². The van der Waals surface area contributed by atoms with E-state index in [-0.39, 0.29) is 6.04 Å². The van der Waals surface area contributed by atoms with E-state index >= 15 is 0 Å². The molecule has 0 aliphatic rings. The second-order valence-corrected chi connectivity index (χ2v) is 6.62. The van der Waals surface area contributed by atoms with Crippen molar-refractivity contribution in [3.05, 3.63) is 61.8 Å². The fourth-order valence-electron chi connectivity index (χ4n) is 2.11. The minimum atomic E-state index is 0.211. The van der Waals surface area contributed by atoms with Crippen LogP contribution in [0.4, 0.5) is 0 Å². The molecule has 1 aromatic heterocycles. The molecule has 20 heavy (non-hydrogen) atoms. The molecule has 0 aliphatic carbocycles. The van der Waals surface area contributed by atoms with Crippen molar-refractivity contribution in [2.24, 2.45) is 0 Å². The van der Waals surface area contributed by atoms with Crippen LogP contribution in [0, 0.1) is 0 Å². The Labute approximate surface area is 141 Å². The summed E-state index contributed by atoms with van der Waals surface area (Å²) in [6.07, 6.45) is 4.30. The van der Waals surface area contributed by atoms with Gasteiger partial charge in [-0.25, -0.2) is 0 Å². The first-order valence-corrected chi connectivity index (χ1v) is 8.35. The van der Waals surface area contributed by atoms with Crippen LogP contribution in [0.5, 0.6) is 0 Å². The van der Waals surface area contributed by atoms with Gasteiger partial charge in [-0.3, -0.25) is 4.98 Å². The van der Waals surface area contributed by atoms with E-state index in [0.29, 0.717) is 5.02 Å². The summed E-state index contributed by atoms with van der Waals surface area (Å²) < 4.78 is 2.15. The molecule has 5 heteroatoms. The summed E-state index contributed by atoms with van der Waals surface area (Å²) in [5.74, 6) is 0. The fourth-order valence-corrected chi connectivity index (χ4v) is 3.63. The van der Waals surface area contributed by atoms with Crippen molar-refractivity contribution >= 4 is 43.5 Å². The van der Waals surface area contributed by atoms with Gasteiger partial charge in [-0.05, 0) is 42.3 Å². The van der Waals surface area contributed by atoms with Crippen molar-refractivity contribution in [2.45, 2.75) is 19.4 Å². The largest absolute Gasteiger partial charge is 0.310 e. The van der Waals surface area contributed by atoms with E-state index < -0.39 is 0 Å². The lowest BCUT2D eigenvalue weighted by Crippen LogP contribution is -2.23. The molecule has 2 aromatic rings. The number of aromatic nitrogens is 1. The van der Waals surface area contributed by atoms with Crippen LogP contribution >= 0.6 is 43.5 Å². The average Bonchev–Trinajstić information content (AvgIpc) is 2.41. The van der Waals surface area contributed by atoms with Gasteiger partial charge in [0.05, 0.1) is 5.02 Å². The zero-order chi connectivity index (χ0) is 14.5. The van der Waals surface area contributed by atoms with Crippen LogP contribution in [0.25, 0.3) is 0 Å². The molecule has 1 N–H and O–H groups in total. The predicted molar refractivity (Wildman–Crippen MR) is 91.2 cm³/mol. The smallest absolute Gasteiger partial charge is 0.0622 e. The van der Waals surface area contributed by atoms with E-state index in [1.807, 2.05) is 6.07 Å². The minimum absolute atomic E-state index is 0.211. The Kier molecular flexibility index (Phi) is 6.02. The van der Waals surface area contributed by atoms with Gasteiger partial charge in [-0.1, -0.05) is 56.5 Å². The van der Waals surface area contributed by atoms with Crippen LogP contribution in [-0.4, -0.2) is 11.5 Å². The van der Waals surface area contributed by atoms with Gasteiger partial charge < -0.3 is 5.32 Å². The van der Waals surface area contributed by atoms with Crippen LogP contribution in [0.15, 0.2) is 45.6 Å². The van der Waals surface area contributed by atoms with Gasteiger partial charge in [-0.15, -0.1) is 0 Å². The van der Waals surface area contributed by atoms with Gasteiger partial charge in [0.1, 0.15) is 0 Å². The molecule has 0 fully saturated rings. The van der Waals surface area contributed by atoms with E-state index in [1.165, 1.54) is 5.56 Å². The lowest BCUT2D eigenvalue weighted by Gasteiger charge is -2.20. The monoisotopic (exact) mass is 416 g/mol. The Morgan fingerprint density at radius 1 is 1.30 bits per heavy atom. The standard InChI is InChI=1S/C15H15Br2ClN2/c1-2-20-15(7-10-5-6-19-9-14(10)18)12-4-3-11(16)8-13(12)17/h3-6,8-9,15,20H,2,7H2,1H3. The molecule has 2 rings (SSSR count). The molecule has 0 amide bonds. The zero-order valence-corrected chi connectivity index (χ0v) is 15.0. The quantitative estimate of drug-likeness (QED) is 0.726. The Balaban J connectivity index is 2.29. The van der Waals surface area contributed by atoms with Crippen molar-refractivity contribution in [1.82, 2.24) is 10.3 Å². The predicted octanol–water partition coefficient (Wildman–Crippen LogP) is 5.15. The summed E-state index contributed by atoms with van der Waals surface area (Å²) in [6, 6.07) is 8.42. The van der Waals surface area contributed by atoms with E-state index in [2.05, 4.69) is 67.3 Å². The van der Waals surface area contributed by atoms with Crippen molar-refractivity contribution < 1.29 is 0 Å². The van der Waals surface area contributed by atoms with E-state index in [0.717, 1.165) is 27.5 Å². The summed E-state index contributed by atoms with van der Waals surface area (Å²) in [6.45, 7) is 3.00. The first-order valence-electron chi connectivity index (χ1n) is 6.38. The second kappa shape index (κ2) is 7.55. The maximum absolute atomic E-state index is 6.21. The number of likely N-dealkylation sites (N-methyl/N-ethyl adjacent to an activating group) is 1. The lowest BCUT2D eigenvalue weighted by molar-refractivity contribution is 0.547. The van der Waals surface area contributed by atoms with Crippen molar-refractivity contribution in [3.63, 3.8) is 0 Å². The van der Waals surface area contributed by atoms with Gasteiger partial charge in [0.25, 0.3) is 0 Å². The van der Waals surface area contributed by atoms with Gasteiger partial charge in [0.2, 0.25) is 0 Å². The summed E-state index contributed by atoms with van der Waals surface area (Å²) in [5, 5.41) is 4.22. The lowest BCUT2D eigenvalue weighted by atomic mass is 9.99. The molecular weight excluding hydrogens is 403 g/mol. The molecule has 106 valence electrons. The van der Waals surface area contributed by atoms with Crippen molar-refractivity contribution in [1.29, 1.82) is 0 Å². The molecule has 1 unspecified atom stereocenters. The SMILES string of the molecule is CCNC(Cc1ccncc1Cl)c1ccc(Br)cc1Br. The first kappa shape index (κ1) is 16.0. The second-order valence-electron chi connectivity index (χ2n) is 4.45. The van der Waals surface area contributed by atoms with E-state index in [1.54, 1.807) is 12.4 Å². The summed E-state index contributed by atoms with van der Waals surface area (Å²) in [5.41, 5.74) is 2.32. The number of hydrogen-bond donors (Lipinski definition) is 1. The molecule has 0 radical (unpaired) electrons. The minimum Gasteiger partial charge on any atom is -0.310 e. The highest BCUT2D eigenvalue weighted by Crippen LogP contribution is 2.30. The number of halogens is 3. The van der Waals surface area contributed by atoms with Crippen molar-refractivity contribution in [3.8, 4) is 0 Å². The fraction of sp³-hybridized carbons (Fsp3) is 0.267. The number of pyridine rings is 1. The Morgan fingerprint density at radius 3 is 2.75 bits per heavy atom. The molecule has 0 spiro atoms. The highest BCUT2D eigenvalue weighted by atomic mass is 79.9. The molecule has 1 heterocycles. The summed E-state index contributed by atoms with van der Waals surface area (Å²) >= 11 is 13.3. The Bertz CT molecular complexity index is 590. The maximum Gasteiger partial charge on any atom is 0.0622 e. The molecule has 0 saturated heterocycles. The Hall–Kier alpha value is -0.420. The van der Waals surface area contributed by atoms with Crippen LogP contribution in [0.3, 0.4) is 0 Å². The summed E-state index contributed by atoms with van der Waals surface area (Å²) in [7, 11) is 0. The Morgan fingerprint density at radius 2 is 2.10 bits per heavy atom. The van der Waals surface area contributed by atoms with Gasteiger partial charge in [-0.2, -0.15) is 0 Å². The van der Waals surface area contributed by atoms with Gasteiger partial charge in [0.15, 0.2) is 0 Å². The van der Waals surface area contributed by atoms with Gasteiger partial charge in [0, 0.05) is 27.4 Å². The molecule has 0 saturated carbocycles. The number of hydrogen-bond acceptors (Lipinski definition) is 2. The number of rotatable bonds is 5. The molecular formula is C15H15Br2ClN2. The molecule has 0 aliphatic heterocycles. The van der Waals surface area contributed by atoms with Gasteiger partial charge >= 0.3 is 0 Å². The molecule has 1 aromatic carbocycles. The van der Waals surface area contributed by atoms with E-state index in [4.69, 9.17) is 11.6 Å². The molecule has 0 bridgehead atoms. The highest BCUT2D eigenvalue weighted by molar-refractivity contribution is 9.11. The highest BCUT2D eigenvalue weighted by Gasteiger charge is 2.15. The third-order valence-corrected chi connectivity index (χ3v) is 4.59. The molecule has 2 nitrogen and oxygen atoms in total. The first-order chi connectivity index (χ1) is 9.61. The van der Waals surface area contributed by atoms with Crippen LogP contribution < -0.4 is 5.32 Å². The summed E-state index contributed by atoms with van der Waals surface area (Å²) in [4.78, 5) is 4.03.